The van der Waals surface area contributed by atoms with E-state index >= 15 is 0 Å². The molecule has 16 heavy (non-hydrogen) atoms. The van der Waals surface area contributed by atoms with Crippen LogP contribution in [0.3, 0.4) is 0 Å². The van der Waals surface area contributed by atoms with E-state index < -0.39 is 0 Å². The van der Waals surface area contributed by atoms with E-state index in [1.807, 2.05) is 0 Å². The van der Waals surface area contributed by atoms with E-state index in [4.69, 9.17) is 9.47 Å². The molecule has 4 nitrogen and oxygen atoms in total. The SMILES string of the molecule is COC(=O)C[C@@H]1[C@H]2CC[C@H](C2)[C@H]1OC(C)=O. The summed E-state index contributed by atoms with van der Waals surface area (Å²) in [6.07, 6.45) is 3.70. The largest absolute Gasteiger partial charge is 0.469 e. The lowest BCUT2D eigenvalue weighted by Gasteiger charge is -2.29. The summed E-state index contributed by atoms with van der Waals surface area (Å²) >= 11 is 0. The first-order valence-electron chi connectivity index (χ1n) is 5.86. The van der Waals surface area contributed by atoms with Crippen molar-refractivity contribution in [2.24, 2.45) is 17.8 Å². The number of ether oxygens (including phenoxy) is 2. The van der Waals surface area contributed by atoms with Crippen molar-refractivity contribution in [3.8, 4) is 0 Å². The van der Waals surface area contributed by atoms with Crippen LogP contribution < -0.4 is 0 Å². The summed E-state index contributed by atoms with van der Waals surface area (Å²) in [6.45, 7) is 1.43. The Balaban J connectivity index is 2.02. The fraction of sp³-hybridized carbons (Fsp3) is 0.833. The van der Waals surface area contributed by atoms with Gasteiger partial charge < -0.3 is 9.47 Å². The lowest BCUT2D eigenvalue weighted by Crippen LogP contribution is -2.33. The molecule has 2 bridgehead atoms. The molecular weight excluding hydrogens is 208 g/mol. The number of fused-ring (bicyclic) bond motifs is 2. The summed E-state index contributed by atoms with van der Waals surface area (Å²) in [4.78, 5) is 22.4. The molecule has 0 aromatic rings. The molecule has 0 N–H and O–H groups in total. The maximum absolute atomic E-state index is 11.3. The third-order valence-corrected chi connectivity index (χ3v) is 3.94. The van der Waals surface area contributed by atoms with Gasteiger partial charge in [0, 0.05) is 12.8 Å². The highest BCUT2D eigenvalue weighted by molar-refractivity contribution is 5.70. The fourth-order valence-electron chi connectivity index (χ4n) is 3.29. The van der Waals surface area contributed by atoms with E-state index in [2.05, 4.69) is 0 Å². The van der Waals surface area contributed by atoms with Crippen molar-refractivity contribution < 1.29 is 19.1 Å². The van der Waals surface area contributed by atoms with Gasteiger partial charge in [0.15, 0.2) is 0 Å². The number of methoxy groups -OCH3 is 1. The molecule has 0 aromatic heterocycles. The summed E-state index contributed by atoms with van der Waals surface area (Å²) in [6, 6.07) is 0. The maximum Gasteiger partial charge on any atom is 0.305 e. The van der Waals surface area contributed by atoms with Gasteiger partial charge in [-0.1, -0.05) is 0 Å². The molecule has 0 unspecified atom stereocenters. The van der Waals surface area contributed by atoms with E-state index in [1.54, 1.807) is 0 Å². The van der Waals surface area contributed by atoms with Crippen LogP contribution in [0, 0.1) is 17.8 Å². The summed E-state index contributed by atoms with van der Waals surface area (Å²) in [5.74, 6) is 0.731. The van der Waals surface area contributed by atoms with Crippen LogP contribution in [-0.2, 0) is 19.1 Å². The maximum atomic E-state index is 11.3. The topological polar surface area (TPSA) is 52.6 Å². The van der Waals surface area contributed by atoms with Crippen molar-refractivity contribution in [2.45, 2.75) is 38.7 Å². The Morgan fingerprint density at radius 2 is 1.94 bits per heavy atom. The van der Waals surface area contributed by atoms with Crippen molar-refractivity contribution in [1.29, 1.82) is 0 Å². The Morgan fingerprint density at radius 3 is 2.56 bits per heavy atom. The van der Waals surface area contributed by atoms with E-state index in [0.29, 0.717) is 18.3 Å². The molecule has 0 radical (unpaired) electrons. The molecule has 0 amide bonds. The number of esters is 2. The van der Waals surface area contributed by atoms with Gasteiger partial charge in [-0.25, -0.2) is 0 Å². The van der Waals surface area contributed by atoms with E-state index in [0.717, 1.165) is 19.3 Å². The van der Waals surface area contributed by atoms with Crippen LogP contribution in [0.25, 0.3) is 0 Å². The van der Waals surface area contributed by atoms with E-state index in [1.165, 1.54) is 14.0 Å². The first kappa shape index (κ1) is 11.4. The second-order valence-corrected chi connectivity index (χ2v) is 4.85. The molecule has 0 aromatic carbocycles. The van der Waals surface area contributed by atoms with Gasteiger partial charge in [-0.2, -0.15) is 0 Å². The highest BCUT2D eigenvalue weighted by atomic mass is 16.5. The molecule has 0 aliphatic heterocycles. The number of carbonyl (C=O) groups is 2. The molecule has 4 atom stereocenters. The number of carbonyl (C=O) groups excluding carboxylic acids is 2. The molecule has 0 saturated heterocycles. The molecule has 2 aliphatic carbocycles. The Hall–Kier alpha value is -1.06. The second kappa shape index (κ2) is 4.44. The Morgan fingerprint density at radius 1 is 1.25 bits per heavy atom. The first-order chi connectivity index (χ1) is 7.61. The molecule has 2 saturated carbocycles. The van der Waals surface area contributed by atoms with Crippen LogP contribution in [0.2, 0.25) is 0 Å². The number of hydrogen-bond donors (Lipinski definition) is 0. The molecular formula is C12H18O4. The van der Waals surface area contributed by atoms with Crippen molar-refractivity contribution >= 4 is 11.9 Å². The predicted octanol–water partition coefficient (Wildman–Crippen LogP) is 1.53. The van der Waals surface area contributed by atoms with Gasteiger partial charge in [-0.3, -0.25) is 9.59 Å². The molecule has 2 rings (SSSR count). The second-order valence-electron chi connectivity index (χ2n) is 4.85. The van der Waals surface area contributed by atoms with Gasteiger partial charge in [0.1, 0.15) is 6.10 Å². The van der Waals surface area contributed by atoms with Crippen molar-refractivity contribution in [1.82, 2.24) is 0 Å². The summed E-state index contributed by atoms with van der Waals surface area (Å²) < 4.78 is 10.1. The van der Waals surface area contributed by atoms with Gasteiger partial charge >= 0.3 is 11.9 Å². The van der Waals surface area contributed by atoms with E-state index in [-0.39, 0.29) is 24.0 Å². The fourth-order valence-corrected chi connectivity index (χ4v) is 3.29. The van der Waals surface area contributed by atoms with Crippen LogP contribution in [0.1, 0.15) is 32.6 Å². The van der Waals surface area contributed by atoms with Crippen molar-refractivity contribution in [2.75, 3.05) is 7.11 Å². The highest BCUT2D eigenvalue weighted by Crippen LogP contribution is 2.51. The van der Waals surface area contributed by atoms with Gasteiger partial charge in [0.25, 0.3) is 0 Å². The zero-order valence-electron chi connectivity index (χ0n) is 9.77. The average Bonchev–Trinajstić information content (AvgIpc) is 2.80. The summed E-state index contributed by atoms with van der Waals surface area (Å²) in [7, 11) is 1.40. The monoisotopic (exact) mass is 226 g/mol. The molecule has 2 fully saturated rings. The van der Waals surface area contributed by atoms with Gasteiger partial charge in [0.2, 0.25) is 0 Å². The standard InChI is InChI=1S/C12H18O4/c1-7(13)16-12-9-4-3-8(5-9)10(12)6-11(14)15-2/h8-10,12H,3-6H2,1-2H3/t8-,9+,10+,12+/m0/s1. The first-order valence-corrected chi connectivity index (χ1v) is 5.86. The molecule has 0 spiro atoms. The minimum absolute atomic E-state index is 0.0599. The number of rotatable bonds is 3. The lowest BCUT2D eigenvalue weighted by atomic mass is 9.84. The van der Waals surface area contributed by atoms with Gasteiger partial charge in [-0.05, 0) is 31.1 Å². The highest BCUT2D eigenvalue weighted by Gasteiger charge is 2.50. The smallest absolute Gasteiger partial charge is 0.305 e. The Bertz CT molecular complexity index is 299. The van der Waals surface area contributed by atoms with Gasteiger partial charge in [0.05, 0.1) is 13.5 Å². The minimum atomic E-state index is -0.243. The molecule has 2 aliphatic rings. The zero-order valence-corrected chi connectivity index (χ0v) is 9.77. The van der Waals surface area contributed by atoms with Crippen LogP contribution in [-0.4, -0.2) is 25.2 Å². The van der Waals surface area contributed by atoms with Crippen LogP contribution in [0.5, 0.6) is 0 Å². The van der Waals surface area contributed by atoms with Crippen LogP contribution in [0.4, 0.5) is 0 Å². The Kier molecular flexibility index (Phi) is 3.17. The summed E-state index contributed by atoms with van der Waals surface area (Å²) in [5.41, 5.74) is 0. The predicted molar refractivity (Wildman–Crippen MR) is 56.5 cm³/mol. The number of hydrogen-bond acceptors (Lipinski definition) is 4. The van der Waals surface area contributed by atoms with E-state index in [9.17, 15) is 9.59 Å². The van der Waals surface area contributed by atoms with Gasteiger partial charge in [-0.15, -0.1) is 0 Å². The molecule has 90 valence electrons. The minimum Gasteiger partial charge on any atom is -0.469 e. The lowest BCUT2D eigenvalue weighted by molar-refractivity contribution is -0.155. The average molecular weight is 226 g/mol. The zero-order chi connectivity index (χ0) is 11.7. The van der Waals surface area contributed by atoms with Crippen LogP contribution >= 0.6 is 0 Å². The quantitative estimate of drug-likeness (QED) is 0.685. The van der Waals surface area contributed by atoms with Crippen molar-refractivity contribution in [3.05, 3.63) is 0 Å². The molecule has 4 heteroatoms. The third kappa shape index (κ3) is 2.06. The van der Waals surface area contributed by atoms with Crippen molar-refractivity contribution in [3.63, 3.8) is 0 Å². The Labute approximate surface area is 95.3 Å². The molecule has 0 heterocycles. The summed E-state index contributed by atoms with van der Waals surface area (Å²) in [5, 5.41) is 0. The normalized spacial score (nSPS) is 36.1. The van der Waals surface area contributed by atoms with Crippen LogP contribution in [0.15, 0.2) is 0 Å². The third-order valence-electron chi connectivity index (χ3n) is 3.94.